The normalized spacial score (nSPS) is 11.3. The Morgan fingerprint density at radius 2 is 1.89 bits per heavy atom. The van der Waals surface area contributed by atoms with Crippen LogP contribution in [0.25, 0.3) is 0 Å². The largest absolute Gasteiger partial charge is 0.351 e. The number of hydrogen-bond donors (Lipinski definition) is 2. The molecule has 0 aliphatic heterocycles. The molecule has 3 nitrogen and oxygen atoms in total. The van der Waals surface area contributed by atoms with Crippen molar-refractivity contribution in [3.05, 3.63) is 35.4 Å². The lowest BCUT2D eigenvalue weighted by molar-refractivity contribution is 0.0938. The minimum atomic E-state index is -0.0577. The average molecular weight is 248 g/mol. The summed E-state index contributed by atoms with van der Waals surface area (Å²) in [6.07, 6.45) is 2.18. The maximum absolute atomic E-state index is 11.9. The molecule has 100 valence electrons. The zero-order valence-electron chi connectivity index (χ0n) is 11.6. The smallest absolute Gasteiger partial charge is 0.251 e. The van der Waals surface area contributed by atoms with Crippen molar-refractivity contribution >= 4 is 5.91 Å². The van der Waals surface area contributed by atoms with E-state index < -0.39 is 0 Å². The molecule has 3 heteroatoms. The van der Waals surface area contributed by atoms with E-state index in [9.17, 15) is 4.79 Å². The second-order valence-corrected chi connectivity index (χ2v) is 5.50. The minimum absolute atomic E-state index is 0.0282. The van der Waals surface area contributed by atoms with Crippen LogP contribution in [0.2, 0.25) is 0 Å². The summed E-state index contributed by atoms with van der Waals surface area (Å²) in [5.41, 5.74) is 7.56. The molecule has 1 rings (SSSR count). The van der Waals surface area contributed by atoms with Gasteiger partial charge < -0.3 is 11.1 Å². The van der Waals surface area contributed by atoms with Crippen molar-refractivity contribution in [1.29, 1.82) is 0 Å². The van der Waals surface area contributed by atoms with Gasteiger partial charge in [-0.2, -0.15) is 0 Å². The second kappa shape index (κ2) is 6.55. The highest BCUT2D eigenvalue weighted by Crippen LogP contribution is 2.11. The molecule has 0 aliphatic rings. The molecular formula is C15H24N2O. The fourth-order valence-corrected chi connectivity index (χ4v) is 1.61. The van der Waals surface area contributed by atoms with Crippen LogP contribution >= 0.6 is 0 Å². The van der Waals surface area contributed by atoms with Crippen molar-refractivity contribution in [2.45, 2.75) is 33.6 Å². The summed E-state index contributed by atoms with van der Waals surface area (Å²) in [6, 6.07) is 7.81. The summed E-state index contributed by atoms with van der Waals surface area (Å²) >= 11 is 0. The third-order valence-electron chi connectivity index (χ3n) is 3.03. The first-order valence-corrected chi connectivity index (χ1v) is 6.56. The maximum Gasteiger partial charge on any atom is 0.251 e. The van der Waals surface area contributed by atoms with Crippen LogP contribution in [-0.4, -0.2) is 19.0 Å². The molecule has 0 unspecified atom stereocenters. The highest BCUT2D eigenvalue weighted by atomic mass is 16.1. The zero-order chi connectivity index (χ0) is 13.6. The molecule has 0 heterocycles. The first kappa shape index (κ1) is 14.7. The lowest BCUT2D eigenvalue weighted by atomic mass is 9.94. The molecule has 0 aliphatic carbocycles. The molecule has 3 N–H and O–H groups in total. The molecule has 18 heavy (non-hydrogen) atoms. The monoisotopic (exact) mass is 248 g/mol. The Morgan fingerprint density at radius 1 is 1.28 bits per heavy atom. The summed E-state index contributed by atoms with van der Waals surface area (Å²) in [4.78, 5) is 11.9. The molecular weight excluding hydrogens is 224 g/mol. The van der Waals surface area contributed by atoms with E-state index in [0.29, 0.717) is 18.7 Å². The molecule has 0 radical (unpaired) electrons. The first-order valence-electron chi connectivity index (χ1n) is 6.56. The van der Waals surface area contributed by atoms with Crippen LogP contribution in [0.15, 0.2) is 24.3 Å². The summed E-state index contributed by atoms with van der Waals surface area (Å²) in [6.45, 7) is 7.38. The summed E-state index contributed by atoms with van der Waals surface area (Å²) in [7, 11) is 0. The van der Waals surface area contributed by atoms with E-state index in [4.69, 9.17) is 5.73 Å². The number of rotatable bonds is 6. The number of aryl methyl sites for hydroxylation is 1. The van der Waals surface area contributed by atoms with Gasteiger partial charge in [-0.25, -0.2) is 0 Å². The van der Waals surface area contributed by atoms with Gasteiger partial charge in [0, 0.05) is 12.1 Å². The standard InChI is InChI=1S/C15H24N2O/c1-4-5-12-6-8-13(9-7-12)14(18)17-11-15(2,3)10-16/h6-9H,4-5,10-11,16H2,1-3H3,(H,17,18). The van der Waals surface area contributed by atoms with Gasteiger partial charge in [0.05, 0.1) is 0 Å². The Morgan fingerprint density at radius 3 is 2.39 bits per heavy atom. The number of hydrogen-bond acceptors (Lipinski definition) is 2. The van der Waals surface area contributed by atoms with Crippen molar-refractivity contribution in [2.75, 3.05) is 13.1 Å². The SMILES string of the molecule is CCCc1ccc(C(=O)NCC(C)(C)CN)cc1. The van der Waals surface area contributed by atoms with Crippen molar-refractivity contribution in [3.63, 3.8) is 0 Å². The predicted molar refractivity (Wildman–Crippen MR) is 75.6 cm³/mol. The Labute approximate surface area is 110 Å². The van der Waals surface area contributed by atoms with Crippen LogP contribution in [0.3, 0.4) is 0 Å². The van der Waals surface area contributed by atoms with E-state index in [2.05, 4.69) is 12.2 Å². The van der Waals surface area contributed by atoms with Crippen LogP contribution in [0.5, 0.6) is 0 Å². The summed E-state index contributed by atoms with van der Waals surface area (Å²) in [5, 5.41) is 2.92. The Hall–Kier alpha value is -1.35. The molecule has 0 bridgehead atoms. The molecule has 0 fully saturated rings. The van der Waals surface area contributed by atoms with Gasteiger partial charge in [0.1, 0.15) is 0 Å². The fourth-order valence-electron chi connectivity index (χ4n) is 1.61. The molecule has 1 aromatic carbocycles. The number of nitrogens with two attached hydrogens (primary N) is 1. The van der Waals surface area contributed by atoms with Gasteiger partial charge in [-0.15, -0.1) is 0 Å². The molecule has 0 spiro atoms. The van der Waals surface area contributed by atoms with Crippen LogP contribution in [0.4, 0.5) is 0 Å². The lowest BCUT2D eigenvalue weighted by Gasteiger charge is -2.22. The third-order valence-corrected chi connectivity index (χ3v) is 3.03. The molecule has 0 saturated heterocycles. The predicted octanol–water partition coefficient (Wildman–Crippen LogP) is 2.35. The Bertz CT molecular complexity index is 382. The Balaban J connectivity index is 2.56. The highest BCUT2D eigenvalue weighted by Gasteiger charge is 2.16. The number of benzene rings is 1. The van der Waals surface area contributed by atoms with Gasteiger partial charge in [-0.1, -0.05) is 39.3 Å². The lowest BCUT2D eigenvalue weighted by Crippen LogP contribution is -2.38. The van der Waals surface area contributed by atoms with Crippen LogP contribution < -0.4 is 11.1 Å². The third kappa shape index (κ3) is 4.49. The van der Waals surface area contributed by atoms with Crippen molar-refractivity contribution in [1.82, 2.24) is 5.32 Å². The summed E-state index contributed by atoms with van der Waals surface area (Å²) < 4.78 is 0. The van der Waals surface area contributed by atoms with E-state index in [0.717, 1.165) is 12.8 Å². The number of carbonyl (C=O) groups is 1. The number of amides is 1. The van der Waals surface area contributed by atoms with Gasteiger partial charge in [0.15, 0.2) is 0 Å². The van der Waals surface area contributed by atoms with E-state index >= 15 is 0 Å². The molecule has 0 saturated carbocycles. The average Bonchev–Trinajstić information content (AvgIpc) is 2.37. The molecule has 1 aromatic rings. The van der Waals surface area contributed by atoms with Crippen LogP contribution in [0, 0.1) is 5.41 Å². The quantitative estimate of drug-likeness (QED) is 0.812. The molecule has 0 atom stereocenters. The zero-order valence-corrected chi connectivity index (χ0v) is 11.6. The maximum atomic E-state index is 11.9. The van der Waals surface area contributed by atoms with E-state index in [1.54, 1.807) is 0 Å². The van der Waals surface area contributed by atoms with Crippen molar-refractivity contribution < 1.29 is 4.79 Å². The van der Waals surface area contributed by atoms with E-state index in [1.165, 1.54) is 5.56 Å². The van der Waals surface area contributed by atoms with E-state index in [-0.39, 0.29) is 11.3 Å². The minimum Gasteiger partial charge on any atom is -0.351 e. The number of nitrogens with one attached hydrogen (secondary N) is 1. The van der Waals surface area contributed by atoms with E-state index in [1.807, 2.05) is 38.1 Å². The van der Waals surface area contributed by atoms with Crippen LogP contribution in [-0.2, 0) is 6.42 Å². The topological polar surface area (TPSA) is 55.1 Å². The van der Waals surface area contributed by atoms with Crippen molar-refractivity contribution in [2.24, 2.45) is 11.1 Å². The molecule has 0 aromatic heterocycles. The van der Waals surface area contributed by atoms with Gasteiger partial charge in [-0.3, -0.25) is 4.79 Å². The first-order chi connectivity index (χ1) is 8.48. The van der Waals surface area contributed by atoms with Gasteiger partial charge >= 0.3 is 0 Å². The van der Waals surface area contributed by atoms with Crippen LogP contribution in [0.1, 0.15) is 43.1 Å². The second-order valence-electron chi connectivity index (χ2n) is 5.50. The molecule has 1 amide bonds. The fraction of sp³-hybridized carbons (Fsp3) is 0.533. The van der Waals surface area contributed by atoms with Gasteiger partial charge in [0.25, 0.3) is 5.91 Å². The highest BCUT2D eigenvalue weighted by molar-refractivity contribution is 5.94. The van der Waals surface area contributed by atoms with Gasteiger partial charge in [-0.05, 0) is 36.1 Å². The summed E-state index contributed by atoms with van der Waals surface area (Å²) in [5.74, 6) is -0.0282. The van der Waals surface area contributed by atoms with Gasteiger partial charge in [0.2, 0.25) is 0 Å². The van der Waals surface area contributed by atoms with Crippen molar-refractivity contribution in [3.8, 4) is 0 Å². The number of carbonyl (C=O) groups excluding carboxylic acids is 1. The Kier molecular flexibility index (Phi) is 5.35.